The lowest BCUT2D eigenvalue weighted by molar-refractivity contribution is 0.0465. The molecule has 1 heterocycles. The average Bonchev–Trinajstić information content (AvgIpc) is 2.85. The number of aryl methyl sites for hydroxylation is 1. The number of rotatable bonds is 6. The smallest absolute Gasteiger partial charge is 0.356 e. The van der Waals surface area contributed by atoms with Crippen LogP contribution < -0.4 is 10.3 Å². The Balaban J connectivity index is 1.76. The van der Waals surface area contributed by atoms with Crippen molar-refractivity contribution in [1.29, 1.82) is 0 Å². The van der Waals surface area contributed by atoms with E-state index in [-0.39, 0.29) is 17.0 Å². The van der Waals surface area contributed by atoms with Gasteiger partial charge in [-0.25, -0.2) is 4.79 Å². The number of carbonyl (C=O) groups is 2. The van der Waals surface area contributed by atoms with Gasteiger partial charge < -0.3 is 14.0 Å². The fraction of sp³-hybridized carbons (Fsp3) is 0.148. The highest BCUT2D eigenvalue weighted by Crippen LogP contribution is 2.31. The highest BCUT2D eigenvalue weighted by Gasteiger charge is 2.23. The summed E-state index contributed by atoms with van der Waals surface area (Å²) in [6.45, 7) is 1.52. The zero-order chi connectivity index (χ0) is 23.5. The SMILES string of the molecule is COc1cccc(C(=O)COC(=O)c2c(-c3ccc(C)cc3)c3ccccc3c(=O)n2C)c1. The van der Waals surface area contributed by atoms with Gasteiger partial charge in [-0.2, -0.15) is 0 Å². The standard InChI is InChI=1S/C27H23NO5/c1-17-11-13-18(14-12-17)24-21-9-4-5-10-22(21)26(30)28(2)25(24)27(31)33-16-23(29)19-7-6-8-20(15-19)32-3/h4-15H,16H2,1-3H3. The summed E-state index contributed by atoms with van der Waals surface area (Å²) in [5.74, 6) is -0.581. The van der Waals surface area contributed by atoms with Crippen molar-refractivity contribution in [1.82, 2.24) is 4.57 Å². The minimum Gasteiger partial charge on any atom is -0.497 e. The fourth-order valence-corrected chi connectivity index (χ4v) is 3.80. The topological polar surface area (TPSA) is 74.6 Å². The predicted octanol–water partition coefficient (Wildman–Crippen LogP) is 4.56. The van der Waals surface area contributed by atoms with E-state index in [0.29, 0.717) is 27.6 Å². The lowest BCUT2D eigenvalue weighted by atomic mass is 9.96. The van der Waals surface area contributed by atoms with Crippen molar-refractivity contribution in [2.75, 3.05) is 13.7 Å². The molecule has 0 aliphatic carbocycles. The predicted molar refractivity (Wildman–Crippen MR) is 127 cm³/mol. The molecule has 0 aliphatic heterocycles. The summed E-state index contributed by atoms with van der Waals surface area (Å²) in [5.41, 5.74) is 2.59. The first-order valence-electron chi connectivity index (χ1n) is 10.4. The van der Waals surface area contributed by atoms with Gasteiger partial charge in [0.1, 0.15) is 11.4 Å². The Bertz CT molecular complexity index is 1420. The number of ether oxygens (including phenoxy) is 2. The van der Waals surface area contributed by atoms with Crippen LogP contribution in [0.3, 0.4) is 0 Å². The number of fused-ring (bicyclic) bond motifs is 1. The van der Waals surface area contributed by atoms with Crippen molar-refractivity contribution in [2.45, 2.75) is 6.92 Å². The van der Waals surface area contributed by atoms with E-state index in [2.05, 4.69) is 0 Å². The number of ketones is 1. The van der Waals surface area contributed by atoms with Crippen LogP contribution in [0, 0.1) is 6.92 Å². The molecular weight excluding hydrogens is 418 g/mol. The normalized spacial score (nSPS) is 10.8. The van der Waals surface area contributed by atoms with Crippen LogP contribution in [0.5, 0.6) is 5.75 Å². The number of Topliss-reactive ketones (excluding diaryl/α,β-unsaturated/α-hetero) is 1. The van der Waals surface area contributed by atoms with Gasteiger partial charge in [-0.1, -0.05) is 60.2 Å². The molecule has 0 radical (unpaired) electrons. The lowest BCUT2D eigenvalue weighted by Gasteiger charge is -2.17. The Labute approximate surface area is 191 Å². The maximum Gasteiger partial charge on any atom is 0.356 e. The summed E-state index contributed by atoms with van der Waals surface area (Å²) in [6, 6.07) is 21.5. The molecule has 166 valence electrons. The highest BCUT2D eigenvalue weighted by molar-refractivity contribution is 6.07. The molecule has 0 fully saturated rings. The lowest BCUT2D eigenvalue weighted by Crippen LogP contribution is -2.27. The van der Waals surface area contributed by atoms with Crippen molar-refractivity contribution >= 4 is 22.5 Å². The van der Waals surface area contributed by atoms with Gasteiger partial charge >= 0.3 is 5.97 Å². The number of hydrogen-bond acceptors (Lipinski definition) is 5. The second-order valence-corrected chi connectivity index (χ2v) is 7.73. The van der Waals surface area contributed by atoms with Crippen molar-refractivity contribution in [3.8, 4) is 16.9 Å². The molecule has 0 amide bonds. The van der Waals surface area contributed by atoms with Crippen LogP contribution in [0.4, 0.5) is 0 Å². The van der Waals surface area contributed by atoms with Crippen LogP contribution >= 0.6 is 0 Å². The van der Waals surface area contributed by atoms with Crippen molar-refractivity contribution in [3.05, 3.63) is 100.0 Å². The fourth-order valence-electron chi connectivity index (χ4n) is 3.80. The van der Waals surface area contributed by atoms with E-state index in [1.54, 1.807) is 36.4 Å². The second kappa shape index (κ2) is 9.12. The maximum absolute atomic E-state index is 13.2. The van der Waals surface area contributed by atoms with Gasteiger partial charge in [0, 0.05) is 23.6 Å². The molecule has 0 saturated carbocycles. The first-order valence-corrected chi connectivity index (χ1v) is 10.4. The molecule has 0 spiro atoms. The summed E-state index contributed by atoms with van der Waals surface area (Å²) in [4.78, 5) is 38.8. The van der Waals surface area contributed by atoms with Gasteiger partial charge in [-0.3, -0.25) is 9.59 Å². The number of hydrogen-bond donors (Lipinski definition) is 0. The Morgan fingerprint density at radius 3 is 2.30 bits per heavy atom. The first-order chi connectivity index (χ1) is 15.9. The van der Waals surface area contributed by atoms with E-state index in [4.69, 9.17) is 9.47 Å². The number of pyridine rings is 1. The van der Waals surface area contributed by atoms with E-state index in [1.807, 2.05) is 43.3 Å². The third-order valence-electron chi connectivity index (χ3n) is 5.56. The number of methoxy groups -OCH3 is 1. The molecule has 6 nitrogen and oxygen atoms in total. The van der Waals surface area contributed by atoms with Crippen molar-refractivity contribution in [3.63, 3.8) is 0 Å². The van der Waals surface area contributed by atoms with Crippen LogP contribution in [0.1, 0.15) is 26.4 Å². The van der Waals surface area contributed by atoms with Crippen molar-refractivity contribution in [2.24, 2.45) is 7.05 Å². The molecule has 33 heavy (non-hydrogen) atoms. The molecule has 6 heteroatoms. The summed E-state index contributed by atoms with van der Waals surface area (Å²) < 4.78 is 11.8. The molecule has 0 unspecified atom stereocenters. The Kier molecular flexibility index (Phi) is 6.09. The van der Waals surface area contributed by atoms with E-state index < -0.39 is 12.6 Å². The number of esters is 1. The van der Waals surface area contributed by atoms with Gasteiger partial charge in [0.2, 0.25) is 0 Å². The van der Waals surface area contributed by atoms with E-state index in [0.717, 1.165) is 11.1 Å². The average molecular weight is 441 g/mol. The Morgan fingerprint density at radius 1 is 0.909 bits per heavy atom. The Morgan fingerprint density at radius 2 is 1.61 bits per heavy atom. The van der Waals surface area contributed by atoms with Gasteiger partial charge in [-0.05, 0) is 36.1 Å². The quantitative estimate of drug-likeness (QED) is 0.324. The summed E-state index contributed by atoms with van der Waals surface area (Å²) in [5, 5.41) is 1.15. The Hall–Kier alpha value is -4.19. The number of benzene rings is 3. The molecule has 4 rings (SSSR count). The molecule has 3 aromatic carbocycles. The van der Waals surface area contributed by atoms with E-state index in [1.165, 1.54) is 18.7 Å². The highest BCUT2D eigenvalue weighted by atomic mass is 16.5. The molecule has 0 aliphatic rings. The summed E-state index contributed by atoms with van der Waals surface area (Å²) >= 11 is 0. The molecule has 0 N–H and O–H groups in total. The maximum atomic E-state index is 13.2. The molecule has 0 atom stereocenters. The van der Waals surface area contributed by atoms with Crippen LogP contribution in [0.25, 0.3) is 21.9 Å². The molecule has 1 aromatic heterocycles. The second-order valence-electron chi connectivity index (χ2n) is 7.73. The van der Waals surface area contributed by atoms with E-state index >= 15 is 0 Å². The summed E-state index contributed by atoms with van der Waals surface area (Å²) in [7, 11) is 3.05. The molecule has 0 bridgehead atoms. The third-order valence-corrected chi connectivity index (χ3v) is 5.56. The van der Waals surface area contributed by atoms with Crippen LogP contribution in [-0.2, 0) is 11.8 Å². The van der Waals surface area contributed by atoms with Crippen LogP contribution in [0.2, 0.25) is 0 Å². The van der Waals surface area contributed by atoms with Gasteiger partial charge in [0.05, 0.1) is 7.11 Å². The van der Waals surface area contributed by atoms with Crippen LogP contribution in [0.15, 0.2) is 77.6 Å². The van der Waals surface area contributed by atoms with Crippen LogP contribution in [-0.4, -0.2) is 30.0 Å². The third kappa shape index (κ3) is 4.28. The number of aromatic nitrogens is 1. The zero-order valence-corrected chi connectivity index (χ0v) is 18.6. The number of carbonyl (C=O) groups excluding carboxylic acids is 2. The van der Waals surface area contributed by atoms with E-state index in [9.17, 15) is 14.4 Å². The first kappa shape index (κ1) is 22.0. The largest absolute Gasteiger partial charge is 0.497 e. The number of nitrogens with zero attached hydrogens (tertiary/aromatic N) is 1. The summed E-state index contributed by atoms with van der Waals surface area (Å²) in [6.07, 6.45) is 0. The van der Waals surface area contributed by atoms with Gasteiger partial charge in [0.25, 0.3) is 5.56 Å². The van der Waals surface area contributed by atoms with Gasteiger partial charge in [-0.15, -0.1) is 0 Å². The minimum atomic E-state index is -0.743. The monoisotopic (exact) mass is 441 g/mol. The zero-order valence-electron chi connectivity index (χ0n) is 18.6. The van der Waals surface area contributed by atoms with Gasteiger partial charge in [0.15, 0.2) is 12.4 Å². The van der Waals surface area contributed by atoms with Crippen molar-refractivity contribution < 1.29 is 19.1 Å². The molecule has 0 saturated heterocycles. The molecule has 4 aromatic rings. The minimum absolute atomic E-state index is 0.0981. The molecular formula is C27H23NO5.